The largest absolute Gasteiger partial charge is 0.497 e. The third-order valence-corrected chi connectivity index (χ3v) is 3.32. The van der Waals surface area contributed by atoms with Crippen LogP contribution in [0.25, 0.3) is 6.08 Å². The highest BCUT2D eigenvalue weighted by Crippen LogP contribution is 2.13. The van der Waals surface area contributed by atoms with Crippen LogP contribution in [0.4, 0.5) is 0 Å². The predicted octanol–water partition coefficient (Wildman–Crippen LogP) is 3.10. The summed E-state index contributed by atoms with van der Waals surface area (Å²) < 4.78 is 5.14. The summed E-state index contributed by atoms with van der Waals surface area (Å²) in [6.45, 7) is 7.87. The van der Waals surface area contributed by atoms with Gasteiger partial charge < -0.3 is 15.2 Å². The molecule has 0 saturated carbocycles. The number of nitrogens with one attached hydrogen (secondary N) is 1. The molecule has 3 nitrogen and oxygen atoms in total. The number of rotatable bonds is 8. The Morgan fingerprint density at radius 3 is 2.50 bits per heavy atom. The molecule has 1 atom stereocenters. The summed E-state index contributed by atoms with van der Waals surface area (Å²) in [6, 6.07) is 8.02. The van der Waals surface area contributed by atoms with Crippen LogP contribution in [0.5, 0.6) is 5.75 Å². The molecule has 1 aromatic rings. The first kappa shape index (κ1) is 16.7. The van der Waals surface area contributed by atoms with Gasteiger partial charge in [-0.05, 0) is 43.5 Å². The van der Waals surface area contributed by atoms with Gasteiger partial charge in [-0.2, -0.15) is 0 Å². The van der Waals surface area contributed by atoms with Gasteiger partial charge in [-0.1, -0.05) is 37.6 Å². The van der Waals surface area contributed by atoms with Gasteiger partial charge in [0.05, 0.1) is 13.2 Å². The fraction of sp³-hybridized carbons (Fsp3) is 0.529. The highest BCUT2D eigenvalue weighted by atomic mass is 16.5. The number of hydrogen-bond donors (Lipinski definition) is 2. The molecule has 0 aromatic heterocycles. The Labute approximate surface area is 122 Å². The summed E-state index contributed by atoms with van der Waals surface area (Å²) >= 11 is 0. The van der Waals surface area contributed by atoms with Gasteiger partial charge in [-0.3, -0.25) is 0 Å². The zero-order valence-electron chi connectivity index (χ0n) is 13.0. The van der Waals surface area contributed by atoms with Crippen LogP contribution in [0.3, 0.4) is 0 Å². The molecular weight excluding hydrogens is 250 g/mol. The quantitative estimate of drug-likeness (QED) is 0.717. The van der Waals surface area contributed by atoms with Crippen molar-refractivity contribution in [1.82, 2.24) is 5.32 Å². The fourth-order valence-electron chi connectivity index (χ4n) is 1.90. The Morgan fingerprint density at radius 1 is 1.30 bits per heavy atom. The van der Waals surface area contributed by atoms with E-state index >= 15 is 0 Å². The lowest BCUT2D eigenvalue weighted by Gasteiger charge is -2.14. The molecule has 0 amide bonds. The van der Waals surface area contributed by atoms with E-state index in [-0.39, 0.29) is 6.10 Å². The van der Waals surface area contributed by atoms with Gasteiger partial charge in [0.25, 0.3) is 0 Å². The van der Waals surface area contributed by atoms with Crippen molar-refractivity contribution < 1.29 is 9.84 Å². The SMILES string of the molecule is COc1ccc(/C=C(/C)CNCCC(O)C(C)C)cc1. The van der Waals surface area contributed by atoms with Crippen LogP contribution in [0.1, 0.15) is 32.8 Å². The van der Waals surface area contributed by atoms with Crippen molar-refractivity contribution >= 4 is 6.08 Å². The van der Waals surface area contributed by atoms with Crippen molar-refractivity contribution in [3.63, 3.8) is 0 Å². The van der Waals surface area contributed by atoms with Crippen molar-refractivity contribution in [3.8, 4) is 5.75 Å². The predicted molar refractivity (Wildman–Crippen MR) is 85.0 cm³/mol. The minimum atomic E-state index is -0.214. The Hall–Kier alpha value is -1.32. The summed E-state index contributed by atoms with van der Waals surface area (Å²) in [5.41, 5.74) is 2.45. The molecule has 20 heavy (non-hydrogen) atoms. The summed E-state index contributed by atoms with van der Waals surface area (Å²) in [7, 11) is 1.67. The van der Waals surface area contributed by atoms with Crippen LogP contribution < -0.4 is 10.1 Å². The summed E-state index contributed by atoms with van der Waals surface area (Å²) in [4.78, 5) is 0. The summed E-state index contributed by atoms with van der Waals surface area (Å²) in [5.74, 6) is 1.20. The molecule has 1 aromatic carbocycles. The van der Waals surface area contributed by atoms with Gasteiger partial charge in [0.15, 0.2) is 0 Å². The monoisotopic (exact) mass is 277 g/mol. The maximum Gasteiger partial charge on any atom is 0.118 e. The molecule has 112 valence electrons. The molecule has 3 heteroatoms. The summed E-state index contributed by atoms with van der Waals surface area (Å²) in [5, 5.41) is 13.1. The van der Waals surface area contributed by atoms with E-state index in [1.807, 2.05) is 38.1 Å². The maximum absolute atomic E-state index is 9.71. The van der Waals surface area contributed by atoms with E-state index in [1.165, 1.54) is 11.1 Å². The third kappa shape index (κ3) is 6.22. The van der Waals surface area contributed by atoms with Crippen LogP contribution in [-0.2, 0) is 0 Å². The maximum atomic E-state index is 9.71. The number of benzene rings is 1. The minimum Gasteiger partial charge on any atom is -0.497 e. The molecular formula is C17H27NO2. The van der Waals surface area contributed by atoms with Gasteiger partial charge in [0, 0.05) is 6.54 Å². The van der Waals surface area contributed by atoms with Crippen LogP contribution in [0.15, 0.2) is 29.8 Å². The first-order valence-corrected chi connectivity index (χ1v) is 7.23. The smallest absolute Gasteiger partial charge is 0.118 e. The van der Waals surface area contributed by atoms with Gasteiger partial charge in [-0.15, -0.1) is 0 Å². The number of aliphatic hydroxyl groups excluding tert-OH is 1. The van der Waals surface area contributed by atoms with E-state index in [0.717, 1.165) is 25.3 Å². The van der Waals surface area contributed by atoms with Crippen molar-refractivity contribution in [2.45, 2.75) is 33.3 Å². The Balaban J connectivity index is 2.34. The molecule has 0 aliphatic rings. The average molecular weight is 277 g/mol. The second-order valence-electron chi connectivity index (χ2n) is 5.54. The van der Waals surface area contributed by atoms with Crippen LogP contribution in [0, 0.1) is 5.92 Å². The summed E-state index contributed by atoms with van der Waals surface area (Å²) in [6.07, 6.45) is 2.74. The fourth-order valence-corrected chi connectivity index (χ4v) is 1.90. The molecule has 0 aliphatic carbocycles. The van der Waals surface area contributed by atoms with E-state index in [4.69, 9.17) is 4.74 Å². The number of methoxy groups -OCH3 is 1. The van der Waals surface area contributed by atoms with Crippen molar-refractivity contribution in [1.29, 1.82) is 0 Å². The molecule has 0 fully saturated rings. The van der Waals surface area contributed by atoms with E-state index in [9.17, 15) is 5.11 Å². The Bertz CT molecular complexity index is 410. The zero-order valence-corrected chi connectivity index (χ0v) is 13.0. The Morgan fingerprint density at radius 2 is 1.95 bits per heavy atom. The standard InChI is InChI=1S/C17H27NO2/c1-13(2)17(19)9-10-18-12-14(3)11-15-5-7-16(20-4)8-6-15/h5-8,11,13,17-19H,9-10,12H2,1-4H3/b14-11-. The molecule has 0 saturated heterocycles. The van der Waals surface area contributed by atoms with Gasteiger partial charge in [0.1, 0.15) is 5.75 Å². The van der Waals surface area contributed by atoms with Gasteiger partial charge >= 0.3 is 0 Å². The molecule has 0 spiro atoms. The lowest BCUT2D eigenvalue weighted by Crippen LogP contribution is -2.24. The number of aliphatic hydroxyl groups is 1. The van der Waals surface area contributed by atoms with Crippen LogP contribution >= 0.6 is 0 Å². The third-order valence-electron chi connectivity index (χ3n) is 3.32. The topological polar surface area (TPSA) is 41.5 Å². The lowest BCUT2D eigenvalue weighted by molar-refractivity contribution is 0.116. The minimum absolute atomic E-state index is 0.214. The van der Waals surface area contributed by atoms with Crippen LogP contribution in [0.2, 0.25) is 0 Å². The van der Waals surface area contributed by atoms with Crippen LogP contribution in [-0.4, -0.2) is 31.4 Å². The molecule has 2 N–H and O–H groups in total. The molecule has 0 bridgehead atoms. The Kier molecular flexibility index (Phi) is 7.34. The van der Waals surface area contributed by atoms with Crippen molar-refractivity contribution in [2.75, 3.05) is 20.2 Å². The van der Waals surface area contributed by atoms with Gasteiger partial charge in [0.2, 0.25) is 0 Å². The lowest BCUT2D eigenvalue weighted by atomic mass is 10.0. The van der Waals surface area contributed by atoms with E-state index in [0.29, 0.717) is 5.92 Å². The van der Waals surface area contributed by atoms with E-state index in [2.05, 4.69) is 18.3 Å². The average Bonchev–Trinajstić information content (AvgIpc) is 2.44. The molecule has 0 radical (unpaired) electrons. The highest BCUT2D eigenvalue weighted by Gasteiger charge is 2.07. The van der Waals surface area contributed by atoms with Crippen molar-refractivity contribution in [3.05, 3.63) is 35.4 Å². The molecule has 1 unspecified atom stereocenters. The van der Waals surface area contributed by atoms with Crippen molar-refractivity contribution in [2.24, 2.45) is 5.92 Å². The normalized spacial score (nSPS) is 13.6. The van der Waals surface area contributed by atoms with E-state index < -0.39 is 0 Å². The zero-order chi connectivity index (χ0) is 15.0. The second-order valence-corrected chi connectivity index (χ2v) is 5.54. The first-order valence-electron chi connectivity index (χ1n) is 7.23. The van der Waals surface area contributed by atoms with E-state index in [1.54, 1.807) is 7.11 Å². The number of hydrogen-bond acceptors (Lipinski definition) is 3. The second kappa shape index (κ2) is 8.77. The first-order chi connectivity index (χ1) is 9.52. The highest BCUT2D eigenvalue weighted by molar-refractivity contribution is 5.53. The molecule has 0 heterocycles. The number of ether oxygens (including phenoxy) is 1. The molecule has 1 rings (SSSR count). The van der Waals surface area contributed by atoms with Gasteiger partial charge in [-0.25, -0.2) is 0 Å². The molecule has 0 aliphatic heterocycles.